The molecule has 1 aromatic carbocycles. The summed E-state index contributed by atoms with van der Waals surface area (Å²) in [5.74, 6) is -0.334. The second-order valence-electron chi connectivity index (χ2n) is 4.25. The predicted molar refractivity (Wildman–Crippen MR) is 84.2 cm³/mol. The van der Waals surface area contributed by atoms with Gasteiger partial charge in [0.2, 0.25) is 5.91 Å². The first-order chi connectivity index (χ1) is 10.5. The molecule has 0 radical (unpaired) electrons. The van der Waals surface area contributed by atoms with Crippen LogP contribution in [0.3, 0.4) is 0 Å². The van der Waals surface area contributed by atoms with E-state index in [0.717, 1.165) is 0 Å². The lowest BCUT2D eigenvalue weighted by Gasteiger charge is -2.13. The Hall–Kier alpha value is -2.05. The molecule has 0 aliphatic heterocycles. The summed E-state index contributed by atoms with van der Waals surface area (Å²) in [7, 11) is 2.85. The summed E-state index contributed by atoms with van der Waals surface area (Å²) in [6, 6.07) is 3.19. The Morgan fingerprint density at radius 2 is 2.00 bits per heavy atom. The van der Waals surface area contributed by atoms with Crippen LogP contribution in [0.1, 0.15) is 12.5 Å². The quantitative estimate of drug-likeness (QED) is 0.473. The molecule has 0 saturated heterocycles. The van der Waals surface area contributed by atoms with Crippen molar-refractivity contribution in [2.45, 2.75) is 6.92 Å². The first kappa shape index (κ1) is 18.0. The van der Waals surface area contributed by atoms with Crippen molar-refractivity contribution >= 4 is 35.2 Å². The van der Waals surface area contributed by atoms with Crippen molar-refractivity contribution in [3.05, 3.63) is 28.8 Å². The van der Waals surface area contributed by atoms with Crippen LogP contribution in [-0.4, -0.2) is 39.3 Å². The van der Waals surface area contributed by atoms with Gasteiger partial charge in [-0.15, -0.1) is 0 Å². The van der Waals surface area contributed by atoms with Gasteiger partial charge in [0.1, 0.15) is 12.4 Å². The van der Waals surface area contributed by atoms with Crippen LogP contribution in [0.5, 0.6) is 5.75 Å². The van der Waals surface area contributed by atoms with E-state index in [1.807, 2.05) is 0 Å². The van der Waals surface area contributed by atoms with E-state index in [2.05, 4.69) is 10.1 Å². The third-order valence-electron chi connectivity index (χ3n) is 2.56. The minimum absolute atomic E-state index is 0.253. The number of hydrogen-bond acceptors (Lipinski definition) is 5. The van der Waals surface area contributed by atoms with Crippen molar-refractivity contribution < 1.29 is 23.8 Å². The zero-order valence-corrected chi connectivity index (χ0v) is 13.4. The third kappa shape index (κ3) is 5.75. The SMILES string of the molecule is COCCOc1cc(/C=C\C(=O)OC)c(NC(C)=O)cc1Cl. The van der Waals surface area contributed by atoms with Crippen LogP contribution in [0, 0.1) is 0 Å². The van der Waals surface area contributed by atoms with Gasteiger partial charge < -0.3 is 19.5 Å². The van der Waals surface area contributed by atoms with Crippen LogP contribution < -0.4 is 10.1 Å². The van der Waals surface area contributed by atoms with Gasteiger partial charge in [-0.05, 0) is 18.2 Å². The van der Waals surface area contributed by atoms with Crippen LogP contribution in [0.15, 0.2) is 18.2 Å². The number of carbonyl (C=O) groups is 2. The summed E-state index contributed by atoms with van der Waals surface area (Å²) >= 11 is 6.12. The second-order valence-corrected chi connectivity index (χ2v) is 4.66. The highest BCUT2D eigenvalue weighted by Gasteiger charge is 2.10. The highest BCUT2D eigenvalue weighted by molar-refractivity contribution is 6.32. The smallest absolute Gasteiger partial charge is 0.330 e. The molecule has 22 heavy (non-hydrogen) atoms. The number of methoxy groups -OCH3 is 2. The van der Waals surface area contributed by atoms with Gasteiger partial charge in [0, 0.05) is 31.4 Å². The first-order valence-corrected chi connectivity index (χ1v) is 6.84. The van der Waals surface area contributed by atoms with Crippen LogP contribution >= 0.6 is 11.6 Å². The van der Waals surface area contributed by atoms with Gasteiger partial charge in [-0.25, -0.2) is 4.79 Å². The molecule has 0 aromatic heterocycles. The van der Waals surface area contributed by atoms with Crippen LogP contribution in [0.4, 0.5) is 5.69 Å². The summed E-state index contributed by atoms with van der Waals surface area (Å²) in [5, 5.41) is 2.99. The molecule has 1 rings (SSSR count). The molecular weight excluding hydrogens is 310 g/mol. The predicted octanol–water partition coefficient (Wildman–Crippen LogP) is 2.51. The van der Waals surface area contributed by atoms with E-state index < -0.39 is 5.97 Å². The molecule has 1 aromatic rings. The average Bonchev–Trinajstić information content (AvgIpc) is 2.47. The summed E-state index contributed by atoms with van der Waals surface area (Å²) in [4.78, 5) is 22.5. The Morgan fingerprint density at radius 1 is 1.27 bits per heavy atom. The van der Waals surface area contributed by atoms with Crippen LogP contribution in [0.25, 0.3) is 6.08 Å². The number of benzene rings is 1. The van der Waals surface area contributed by atoms with Crippen molar-refractivity contribution in [1.82, 2.24) is 0 Å². The minimum Gasteiger partial charge on any atom is -0.490 e. The van der Waals surface area contributed by atoms with Gasteiger partial charge in [-0.2, -0.15) is 0 Å². The molecule has 0 heterocycles. The van der Waals surface area contributed by atoms with E-state index >= 15 is 0 Å². The number of amides is 1. The molecule has 0 spiro atoms. The number of ether oxygens (including phenoxy) is 3. The standard InChI is InChI=1S/C15H18ClNO5/c1-10(18)17-13-9-12(16)14(22-7-6-20-2)8-11(13)4-5-15(19)21-3/h4-5,8-9H,6-7H2,1-3H3,(H,17,18)/b5-4-. The number of rotatable bonds is 7. The number of anilines is 1. The molecule has 0 unspecified atom stereocenters. The maximum Gasteiger partial charge on any atom is 0.330 e. The second kappa shape index (κ2) is 9.07. The zero-order valence-electron chi connectivity index (χ0n) is 12.6. The van der Waals surface area contributed by atoms with E-state index in [9.17, 15) is 9.59 Å². The van der Waals surface area contributed by atoms with Crippen LogP contribution in [-0.2, 0) is 19.1 Å². The normalized spacial score (nSPS) is 10.5. The topological polar surface area (TPSA) is 73.9 Å². The molecule has 0 saturated carbocycles. The maximum absolute atomic E-state index is 11.2. The fourth-order valence-corrected chi connectivity index (χ4v) is 1.79. The number of esters is 1. The molecule has 0 atom stereocenters. The summed E-state index contributed by atoms with van der Waals surface area (Å²) < 4.78 is 14.9. The number of carbonyl (C=O) groups excluding carboxylic acids is 2. The highest BCUT2D eigenvalue weighted by atomic mass is 35.5. The van der Waals surface area contributed by atoms with Gasteiger partial charge in [0.05, 0.1) is 18.7 Å². The van der Waals surface area contributed by atoms with E-state index in [-0.39, 0.29) is 5.91 Å². The average molecular weight is 328 g/mol. The van der Waals surface area contributed by atoms with Crippen molar-refractivity contribution in [2.75, 3.05) is 32.8 Å². The van der Waals surface area contributed by atoms with Gasteiger partial charge in [-0.3, -0.25) is 4.79 Å². The molecular formula is C15H18ClNO5. The molecule has 1 amide bonds. The summed E-state index contributed by atoms with van der Waals surface area (Å²) in [6.45, 7) is 2.12. The van der Waals surface area contributed by atoms with Gasteiger partial charge in [-0.1, -0.05) is 11.6 Å². The minimum atomic E-state index is -0.509. The Kier molecular flexibility index (Phi) is 7.42. The molecule has 0 fully saturated rings. The summed E-state index contributed by atoms with van der Waals surface area (Å²) in [5.41, 5.74) is 1.04. The van der Waals surface area contributed by atoms with Crippen molar-refractivity contribution in [1.29, 1.82) is 0 Å². The summed E-state index contributed by atoms with van der Waals surface area (Å²) in [6.07, 6.45) is 2.75. The van der Waals surface area contributed by atoms with E-state index in [0.29, 0.717) is 35.2 Å². The van der Waals surface area contributed by atoms with E-state index in [1.165, 1.54) is 26.2 Å². The van der Waals surface area contributed by atoms with Crippen molar-refractivity contribution in [2.24, 2.45) is 0 Å². The Balaban J connectivity index is 3.10. The van der Waals surface area contributed by atoms with Crippen molar-refractivity contribution in [3.8, 4) is 5.75 Å². The molecule has 1 N–H and O–H groups in total. The molecule has 0 aliphatic rings. The van der Waals surface area contributed by atoms with Gasteiger partial charge >= 0.3 is 5.97 Å². The fraction of sp³-hybridized carbons (Fsp3) is 0.333. The maximum atomic E-state index is 11.2. The Morgan fingerprint density at radius 3 is 2.59 bits per heavy atom. The first-order valence-electron chi connectivity index (χ1n) is 6.46. The zero-order chi connectivity index (χ0) is 16.5. The van der Waals surface area contributed by atoms with E-state index in [1.54, 1.807) is 19.2 Å². The lowest BCUT2D eigenvalue weighted by atomic mass is 10.1. The Bertz CT molecular complexity index is 571. The third-order valence-corrected chi connectivity index (χ3v) is 2.86. The number of nitrogens with one attached hydrogen (secondary N) is 1. The Labute approximate surface area is 134 Å². The van der Waals surface area contributed by atoms with Gasteiger partial charge in [0.25, 0.3) is 0 Å². The molecule has 0 aliphatic carbocycles. The monoisotopic (exact) mass is 327 g/mol. The largest absolute Gasteiger partial charge is 0.490 e. The molecule has 7 heteroatoms. The van der Waals surface area contributed by atoms with Gasteiger partial charge in [0.15, 0.2) is 0 Å². The van der Waals surface area contributed by atoms with Crippen molar-refractivity contribution in [3.63, 3.8) is 0 Å². The fourth-order valence-electron chi connectivity index (χ4n) is 1.58. The number of hydrogen-bond donors (Lipinski definition) is 1. The number of halogens is 1. The highest BCUT2D eigenvalue weighted by Crippen LogP contribution is 2.32. The molecule has 120 valence electrons. The molecule has 0 bridgehead atoms. The van der Waals surface area contributed by atoms with E-state index in [4.69, 9.17) is 21.1 Å². The lowest BCUT2D eigenvalue weighted by Crippen LogP contribution is -2.09. The van der Waals surface area contributed by atoms with Crippen LogP contribution in [0.2, 0.25) is 5.02 Å². The molecule has 6 nitrogen and oxygen atoms in total. The lowest BCUT2D eigenvalue weighted by molar-refractivity contribution is -0.134.